The number of aromatic carboxylic acids is 1. The Labute approximate surface area is 142 Å². The third kappa shape index (κ3) is 2.87. The van der Waals surface area contributed by atoms with Crippen LogP contribution in [0.25, 0.3) is 10.9 Å². The van der Waals surface area contributed by atoms with Crippen molar-refractivity contribution in [1.82, 2.24) is 4.57 Å². The normalized spacial score (nSPS) is 10.8. The van der Waals surface area contributed by atoms with E-state index in [9.17, 15) is 24.8 Å². The Morgan fingerprint density at radius 3 is 2.36 bits per heavy atom. The Balaban J connectivity index is 2.01. The van der Waals surface area contributed by atoms with Crippen LogP contribution in [0.4, 0.5) is 5.69 Å². The van der Waals surface area contributed by atoms with Crippen molar-refractivity contribution in [2.45, 2.75) is 13.3 Å². The van der Waals surface area contributed by atoms with Gasteiger partial charge in [-0.25, -0.2) is 4.79 Å². The fourth-order valence-electron chi connectivity index (χ4n) is 2.95. The monoisotopic (exact) mass is 338 g/mol. The third-order valence-electron chi connectivity index (χ3n) is 4.08. The lowest BCUT2D eigenvalue weighted by atomic mass is 10.1. The topological polar surface area (TPSA) is 102 Å². The first-order valence-corrected chi connectivity index (χ1v) is 7.50. The molecule has 0 aliphatic carbocycles. The van der Waals surface area contributed by atoms with Gasteiger partial charge < -0.3 is 5.11 Å². The number of carbonyl (C=O) groups excluding carboxylic acids is 1. The van der Waals surface area contributed by atoms with E-state index in [1.807, 2.05) is 0 Å². The van der Waals surface area contributed by atoms with Crippen molar-refractivity contribution in [3.63, 3.8) is 0 Å². The van der Waals surface area contributed by atoms with Gasteiger partial charge in [0.2, 0.25) is 5.91 Å². The number of aromatic nitrogens is 1. The number of para-hydroxylation sites is 1. The number of carboxylic acid groups (broad SMARTS) is 1. The molecule has 0 bridgehead atoms. The predicted molar refractivity (Wildman–Crippen MR) is 91.1 cm³/mol. The summed E-state index contributed by atoms with van der Waals surface area (Å²) in [6.45, 7) is 1.59. The van der Waals surface area contributed by atoms with Crippen LogP contribution >= 0.6 is 0 Å². The number of rotatable bonds is 4. The van der Waals surface area contributed by atoms with Gasteiger partial charge in [-0.15, -0.1) is 0 Å². The molecule has 0 radical (unpaired) electrons. The molecule has 3 aromatic rings. The molecule has 0 amide bonds. The zero-order chi connectivity index (χ0) is 18.1. The summed E-state index contributed by atoms with van der Waals surface area (Å²) in [7, 11) is 0. The number of nitro benzene ring substituents is 1. The first kappa shape index (κ1) is 16.4. The van der Waals surface area contributed by atoms with Crippen molar-refractivity contribution >= 4 is 28.5 Å². The van der Waals surface area contributed by atoms with Crippen LogP contribution in [-0.4, -0.2) is 26.5 Å². The second-order valence-electron chi connectivity index (χ2n) is 5.61. The van der Waals surface area contributed by atoms with Crippen LogP contribution in [0.3, 0.4) is 0 Å². The van der Waals surface area contributed by atoms with E-state index in [-0.39, 0.29) is 23.6 Å². The van der Waals surface area contributed by atoms with Gasteiger partial charge in [0.15, 0.2) is 0 Å². The van der Waals surface area contributed by atoms with Crippen molar-refractivity contribution in [2.24, 2.45) is 0 Å². The van der Waals surface area contributed by atoms with Crippen molar-refractivity contribution in [3.8, 4) is 0 Å². The van der Waals surface area contributed by atoms with Crippen LogP contribution in [0.15, 0.2) is 48.5 Å². The van der Waals surface area contributed by atoms with E-state index in [0.717, 1.165) is 0 Å². The summed E-state index contributed by atoms with van der Waals surface area (Å²) in [6, 6.07) is 12.6. The quantitative estimate of drug-likeness (QED) is 0.580. The molecule has 0 unspecified atom stereocenters. The first-order chi connectivity index (χ1) is 11.9. The number of benzene rings is 2. The molecule has 0 spiro atoms. The van der Waals surface area contributed by atoms with E-state index in [1.165, 1.54) is 28.8 Å². The van der Waals surface area contributed by atoms with Gasteiger partial charge in [-0.2, -0.15) is 0 Å². The molecular formula is C18H14N2O5. The maximum Gasteiger partial charge on any atom is 0.338 e. The molecule has 126 valence electrons. The van der Waals surface area contributed by atoms with Crippen LogP contribution in [0.5, 0.6) is 0 Å². The lowest BCUT2D eigenvalue weighted by Crippen LogP contribution is -2.15. The fourth-order valence-corrected chi connectivity index (χ4v) is 2.95. The molecule has 0 saturated heterocycles. The summed E-state index contributed by atoms with van der Waals surface area (Å²) in [5.74, 6) is -1.38. The van der Waals surface area contributed by atoms with E-state index in [0.29, 0.717) is 22.2 Å². The van der Waals surface area contributed by atoms with E-state index >= 15 is 0 Å². The number of carboxylic acids is 1. The fraction of sp³-hybridized carbons (Fsp3) is 0.111. The average molecular weight is 338 g/mol. The Bertz CT molecular complexity index is 1000. The van der Waals surface area contributed by atoms with Gasteiger partial charge in [0.1, 0.15) is 0 Å². The summed E-state index contributed by atoms with van der Waals surface area (Å²) in [5.41, 5.74) is 1.56. The molecule has 0 atom stereocenters. The Hall–Kier alpha value is -3.48. The molecule has 1 heterocycles. The highest BCUT2D eigenvalue weighted by molar-refractivity contribution is 6.08. The van der Waals surface area contributed by atoms with Crippen molar-refractivity contribution in [1.29, 1.82) is 0 Å². The Kier molecular flexibility index (Phi) is 4.06. The molecule has 25 heavy (non-hydrogen) atoms. The highest BCUT2D eigenvalue weighted by Crippen LogP contribution is 2.26. The lowest BCUT2D eigenvalue weighted by molar-refractivity contribution is -0.384. The summed E-state index contributed by atoms with van der Waals surface area (Å²) >= 11 is 0. The van der Waals surface area contributed by atoms with Crippen LogP contribution < -0.4 is 0 Å². The van der Waals surface area contributed by atoms with Crippen molar-refractivity contribution in [3.05, 3.63) is 75.5 Å². The largest absolute Gasteiger partial charge is 0.478 e. The maximum atomic E-state index is 12.7. The molecule has 2 aromatic carbocycles. The zero-order valence-corrected chi connectivity index (χ0v) is 13.3. The molecule has 0 aliphatic heterocycles. The molecule has 7 heteroatoms. The van der Waals surface area contributed by atoms with Crippen molar-refractivity contribution in [2.75, 3.05) is 0 Å². The average Bonchev–Trinajstić information content (AvgIpc) is 2.87. The van der Waals surface area contributed by atoms with E-state index in [1.54, 1.807) is 31.2 Å². The first-order valence-electron chi connectivity index (χ1n) is 7.50. The Morgan fingerprint density at radius 1 is 1.12 bits per heavy atom. The van der Waals surface area contributed by atoms with Crippen LogP contribution in [-0.2, 0) is 6.42 Å². The van der Waals surface area contributed by atoms with Gasteiger partial charge in [0.25, 0.3) is 5.69 Å². The van der Waals surface area contributed by atoms with Crippen LogP contribution in [0, 0.1) is 17.0 Å². The minimum Gasteiger partial charge on any atom is -0.478 e. The molecule has 7 nitrogen and oxygen atoms in total. The lowest BCUT2D eigenvalue weighted by Gasteiger charge is -2.07. The smallest absolute Gasteiger partial charge is 0.338 e. The van der Waals surface area contributed by atoms with Crippen molar-refractivity contribution < 1.29 is 19.6 Å². The number of hydrogen-bond acceptors (Lipinski definition) is 4. The molecule has 0 fully saturated rings. The number of non-ortho nitro benzene ring substituents is 1. The summed E-state index contributed by atoms with van der Waals surface area (Å²) < 4.78 is 1.39. The van der Waals surface area contributed by atoms with E-state index in [2.05, 4.69) is 0 Å². The highest BCUT2D eigenvalue weighted by atomic mass is 16.6. The van der Waals surface area contributed by atoms with Gasteiger partial charge in [-0.1, -0.05) is 30.3 Å². The second kappa shape index (κ2) is 6.20. The molecule has 1 aromatic heterocycles. The van der Waals surface area contributed by atoms with Crippen LogP contribution in [0.1, 0.15) is 26.4 Å². The van der Waals surface area contributed by atoms with Gasteiger partial charge in [0, 0.05) is 23.2 Å². The maximum absolute atomic E-state index is 12.7. The number of hydrogen-bond donors (Lipinski definition) is 1. The number of fused-ring (bicyclic) bond motifs is 1. The van der Waals surface area contributed by atoms with Crippen LogP contribution in [0.2, 0.25) is 0 Å². The van der Waals surface area contributed by atoms with Gasteiger partial charge >= 0.3 is 5.97 Å². The molecular weight excluding hydrogens is 324 g/mol. The summed E-state index contributed by atoms with van der Waals surface area (Å²) in [6.07, 6.45) is 0.0105. The van der Waals surface area contributed by atoms with E-state index < -0.39 is 10.9 Å². The highest BCUT2D eigenvalue weighted by Gasteiger charge is 2.22. The molecule has 3 rings (SSSR count). The number of nitro groups is 1. The minimum atomic E-state index is -1.09. The minimum absolute atomic E-state index is 0.0105. The number of carbonyl (C=O) groups is 2. The Morgan fingerprint density at radius 2 is 1.76 bits per heavy atom. The standard InChI is InChI=1S/C18H14N2O5/c1-11-17(18(22)23)14-4-2-3-5-15(14)19(11)16(21)10-12-6-8-13(9-7-12)20(24)25/h2-9H,10H2,1H3,(H,22,23). The molecule has 0 saturated carbocycles. The third-order valence-corrected chi connectivity index (χ3v) is 4.08. The second-order valence-corrected chi connectivity index (χ2v) is 5.61. The van der Waals surface area contributed by atoms with Gasteiger partial charge in [-0.05, 0) is 18.6 Å². The van der Waals surface area contributed by atoms with Gasteiger partial charge in [0.05, 0.1) is 22.4 Å². The SMILES string of the molecule is Cc1c(C(=O)O)c2ccccc2n1C(=O)Cc1ccc([N+](=O)[O-])cc1. The molecule has 0 aliphatic rings. The molecule has 1 N–H and O–H groups in total. The van der Waals surface area contributed by atoms with E-state index in [4.69, 9.17) is 0 Å². The number of nitrogens with zero attached hydrogens (tertiary/aromatic N) is 2. The summed E-state index contributed by atoms with van der Waals surface area (Å²) in [5, 5.41) is 20.6. The van der Waals surface area contributed by atoms with Gasteiger partial charge in [-0.3, -0.25) is 19.5 Å². The predicted octanol–water partition coefficient (Wildman–Crippen LogP) is 3.44. The zero-order valence-electron chi connectivity index (χ0n) is 13.3. The summed E-state index contributed by atoms with van der Waals surface area (Å²) in [4.78, 5) is 34.5.